The zero-order valence-corrected chi connectivity index (χ0v) is 11.1. The maximum absolute atomic E-state index is 12.8. The SMILES string of the molecule is O=c1[nH]c2cc(C(F)(F)F)ccc2n2c1cc1ccccc12. The molecule has 4 rings (SSSR count). The van der Waals surface area contributed by atoms with Gasteiger partial charge in [-0.25, -0.2) is 0 Å². The topological polar surface area (TPSA) is 37.3 Å². The second kappa shape index (κ2) is 4.13. The maximum Gasteiger partial charge on any atom is 0.416 e. The number of para-hydroxylation sites is 1. The van der Waals surface area contributed by atoms with Crippen LogP contribution in [0.15, 0.2) is 53.3 Å². The Morgan fingerprint density at radius 1 is 0.909 bits per heavy atom. The van der Waals surface area contributed by atoms with Gasteiger partial charge in [0.15, 0.2) is 0 Å². The molecule has 0 bridgehead atoms. The zero-order valence-electron chi connectivity index (χ0n) is 11.1. The number of aromatic amines is 1. The molecule has 110 valence electrons. The van der Waals surface area contributed by atoms with Gasteiger partial charge in [0, 0.05) is 5.39 Å². The van der Waals surface area contributed by atoms with Gasteiger partial charge in [0.25, 0.3) is 5.56 Å². The van der Waals surface area contributed by atoms with E-state index in [1.165, 1.54) is 6.07 Å². The van der Waals surface area contributed by atoms with Gasteiger partial charge >= 0.3 is 6.18 Å². The molecule has 0 atom stereocenters. The molecule has 2 aromatic heterocycles. The van der Waals surface area contributed by atoms with E-state index in [4.69, 9.17) is 0 Å². The fraction of sp³-hybridized carbons (Fsp3) is 0.0625. The normalized spacial score (nSPS) is 12.5. The van der Waals surface area contributed by atoms with E-state index in [0.29, 0.717) is 11.0 Å². The summed E-state index contributed by atoms with van der Waals surface area (Å²) in [6.07, 6.45) is -4.45. The molecule has 0 spiro atoms. The molecule has 0 radical (unpaired) electrons. The minimum Gasteiger partial charge on any atom is -0.319 e. The van der Waals surface area contributed by atoms with Gasteiger partial charge in [0.05, 0.1) is 22.1 Å². The van der Waals surface area contributed by atoms with Gasteiger partial charge in [-0.1, -0.05) is 18.2 Å². The number of nitrogens with one attached hydrogen (secondary N) is 1. The lowest BCUT2D eigenvalue weighted by atomic mass is 10.2. The predicted octanol–water partition coefficient (Wildman–Crippen LogP) is 3.95. The number of aromatic nitrogens is 2. The van der Waals surface area contributed by atoms with Gasteiger partial charge in [-0.15, -0.1) is 0 Å². The smallest absolute Gasteiger partial charge is 0.319 e. The van der Waals surface area contributed by atoms with Gasteiger partial charge in [-0.05, 0) is 30.3 Å². The Hall–Kier alpha value is -2.76. The number of alkyl halides is 3. The average molecular weight is 302 g/mol. The van der Waals surface area contributed by atoms with E-state index in [0.717, 1.165) is 23.0 Å². The van der Waals surface area contributed by atoms with Crippen LogP contribution >= 0.6 is 0 Å². The van der Waals surface area contributed by atoms with E-state index >= 15 is 0 Å². The minimum absolute atomic E-state index is 0.161. The van der Waals surface area contributed by atoms with E-state index in [2.05, 4.69) is 4.98 Å². The summed E-state index contributed by atoms with van der Waals surface area (Å²) in [6.45, 7) is 0. The molecule has 0 saturated carbocycles. The molecule has 0 aliphatic heterocycles. The Labute approximate surface area is 121 Å². The van der Waals surface area contributed by atoms with Gasteiger partial charge in [0.1, 0.15) is 5.52 Å². The van der Waals surface area contributed by atoms with Crippen LogP contribution in [0.25, 0.3) is 27.5 Å². The molecule has 0 saturated heterocycles. The van der Waals surface area contributed by atoms with Gasteiger partial charge in [0.2, 0.25) is 0 Å². The molecule has 2 aromatic carbocycles. The monoisotopic (exact) mass is 302 g/mol. The van der Waals surface area contributed by atoms with Crippen molar-refractivity contribution in [2.45, 2.75) is 6.18 Å². The predicted molar refractivity (Wildman–Crippen MR) is 78.0 cm³/mol. The van der Waals surface area contributed by atoms with Crippen LogP contribution in [0.5, 0.6) is 0 Å². The van der Waals surface area contributed by atoms with Gasteiger partial charge < -0.3 is 9.38 Å². The van der Waals surface area contributed by atoms with Crippen molar-refractivity contribution < 1.29 is 13.2 Å². The molecular formula is C16H9F3N2O. The highest BCUT2D eigenvalue weighted by Crippen LogP contribution is 2.31. The first-order valence-electron chi connectivity index (χ1n) is 6.58. The van der Waals surface area contributed by atoms with Crippen LogP contribution in [0.2, 0.25) is 0 Å². The fourth-order valence-electron chi connectivity index (χ4n) is 2.78. The summed E-state index contributed by atoms with van der Waals surface area (Å²) < 4.78 is 40.2. The molecule has 0 unspecified atom stereocenters. The molecule has 0 fully saturated rings. The van der Waals surface area contributed by atoms with Crippen LogP contribution in [0.4, 0.5) is 13.2 Å². The van der Waals surface area contributed by atoms with E-state index in [1.54, 1.807) is 10.5 Å². The highest BCUT2D eigenvalue weighted by atomic mass is 19.4. The van der Waals surface area contributed by atoms with Gasteiger partial charge in [-0.2, -0.15) is 13.2 Å². The van der Waals surface area contributed by atoms with Crippen LogP contribution in [-0.4, -0.2) is 9.38 Å². The van der Waals surface area contributed by atoms with Crippen LogP contribution in [-0.2, 0) is 6.18 Å². The lowest BCUT2D eigenvalue weighted by Gasteiger charge is -2.09. The van der Waals surface area contributed by atoms with E-state index in [9.17, 15) is 18.0 Å². The van der Waals surface area contributed by atoms with Crippen molar-refractivity contribution in [1.82, 2.24) is 9.38 Å². The number of nitrogens with zero attached hydrogens (tertiary/aromatic N) is 1. The molecular weight excluding hydrogens is 293 g/mol. The summed E-state index contributed by atoms with van der Waals surface area (Å²) >= 11 is 0. The number of hydrogen-bond acceptors (Lipinski definition) is 1. The summed E-state index contributed by atoms with van der Waals surface area (Å²) in [4.78, 5) is 14.7. The van der Waals surface area contributed by atoms with Crippen LogP contribution in [0.3, 0.4) is 0 Å². The quantitative estimate of drug-likeness (QED) is 0.524. The molecule has 2 heterocycles. The maximum atomic E-state index is 12.8. The highest BCUT2D eigenvalue weighted by Gasteiger charge is 2.30. The van der Waals surface area contributed by atoms with Crippen molar-refractivity contribution >= 4 is 27.5 Å². The van der Waals surface area contributed by atoms with E-state index in [1.807, 2.05) is 24.3 Å². The van der Waals surface area contributed by atoms with Crippen molar-refractivity contribution in [3.63, 3.8) is 0 Å². The third-order valence-electron chi connectivity index (χ3n) is 3.76. The lowest BCUT2D eigenvalue weighted by Crippen LogP contribution is -2.11. The number of rotatable bonds is 0. The fourth-order valence-corrected chi connectivity index (χ4v) is 2.78. The van der Waals surface area contributed by atoms with Crippen LogP contribution < -0.4 is 5.56 Å². The molecule has 1 N–H and O–H groups in total. The third kappa shape index (κ3) is 1.73. The van der Waals surface area contributed by atoms with Crippen LogP contribution in [0, 0.1) is 0 Å². The summed E-state index contributed by atoms with van der Waals surface area (Å²) in [5.74, 6) is 0. The second-order valence-electron chi connectivity index (χ2n) is 5.11. The third-order valence-corrected chi connectivity index (χ3v) is 3.76. The first-order valence-corrected chi connectivity index (χ1v) is 6.58. The number of fused-ring (bicyclic) bond motifs is 5. The molecule has 0 aliphatic rings. The Morgan fingerprint density at radius 3 is 2.45 bits per heavy atom. The van der Waals surface area contributed by atoms with Crippen molar-refractivity contribution in [1.29, 1.82) is 0 Å². The Morgan fingerprint density at radius 2 is 1.68 bits per heavy atom. The Bertz CT molecular complexity index is 1090. The number of H-pyrrole nitrogens is 1. The highest BCUT2D eigenvalue weighted by molar-refractivity contribution is 5.92. The molecule has 22 heavy (non-hydrogen) atoms. The van der Waals surface area contributed by atoms with Crippen molar-refractivity contribution in [2.24, 2.45) is 0 Å². The lowest BCUT2D eigenvalue weighted by molar-refractivity contribution is -0.137. The zero-order chi connectivity index (χ0) is 15.5. The van der Waals surface area contributed by atoms with Crippen molar-refractivity contribution in [3.05, 3.63) is 64.4 Å². The van der Waals surface area contributed by atoms with Crippen molar-refractivity contribution in [3.8, 4) is 0 Å². The average Bonchev–Trinajstić information content (AvgIpc) is 2.86. The Kier molecular flexibility index (Phi) is 2.43. The Balaban J connectivity index is 2.21. The largest absolute Gasteiger partial charge is 0.416 e. The first kappa shape index (κ1) is 12.9. The first-order chi connectivity index (χ1) is 10.4. The molecule has 6 heteroatoms. The summed E-state index contributed by atoms with van der Waals surface area (Å²) in [5.41, 5.74) is 0.689. The molecule has 3 nitrogen and oxygen atoms in total. The number of benzene rings is 2. The summed E-state index contributed by atoms with van der Waals surface area (Å²) in [6, 6.07) is 12.5. The van der Waals surface area contributed by atoms with E-state index < -0.39 is 17.3 Å². The molecule has 4 aromatic rings. The van der Waals surface area contributed by atoms with Crippen LogP contribution in [0.1, 0.15) is 5.56 Å². The number of halogens is 3. The second-order valence-corrected chi connectivity index (χ2v) is 5.11. The standard InChI is InChI=1S/C16H9F3N2O/c17-16(18,19)10-5-6-13-11(8-10)20-15(22)14-7-9-3-1-2-4-12(9)21(13)14/h1-8H,(H,20,22). The number of hydrogen-bond donors (Lipinski definition) is 1. The summed E-state index contributed by atoms with van der Waals surface area (Å²) in [5, 5.41) is 0.861. The van der Waals surface area contributed by atoms with Crippen molar-refractivity contribution in [2.75, 3.05) is 0 Å². The summed E-state index contributed by atoms with van der Waals surface area (Å²) in [7, 11) is 0. The van der Waals surface area contributed by atoms with Gasteiger partial charge in [-0.3, -0.25) is 4.79 Å². The minimum atomic E-state index is -4.45. The molecule has 0 aliphatic carbocycles. The molecule has 0 amide bonds. The van der Waals surface area contributed by atoms with E-state index in [-0.39, 0.29) is 5.52 Å².